The highest BCUT2D eigenvalue weighted by molar-refractivity contribution is 5.94. The zero-order valence-electron chi connectivity index (χ0n) is 14.4. The first-order chi connectivity index (χ1) is 12.0. The van der Waals surface area contributed by atoms with Gasteiger partial charge in [0.1, 0.15) is 0 Å². The number of amides is 2. The van der Waals surface area contributed by atoms with Crippen LogP contribution in [-0.2, 0) is 20.9 Å². The molecule has 1 aliphatic rings. The van der Waals surface area contributed by atoms with Crippen molar-refractivity contribution in [2.45, 2.75) is 38.8 Å². The van der Waals surface area contributed by atoms with E-state index in [0.29, 0.717) is 25.3 Å². The number of rotatable bonds is 8. The Kier molecular flexibility index (Phi) is 6.94. The molecule has 1 saturated heterocycles. The molecule has 1 aromatic carbocycles. The average molecular weight is 348 g/mol. The van der Waals surface area contributed by atoms with Gasteiger partial charge in [-0.05, 0) is 30.5 Å². The van der Waals surface area contributed by atoms with Crippen molar-refractivity contribution in [3.63, 3.8) is 0 Å². The topological polar surface area (TPSA) is 95.9 Å². The van der Waals surface area contributed by atoms with Gasteiger partial charge in [-0.25, -0.2) is 0 Å². The van der Waals surface area contributed by atoms with E-state index in [2.05, 4.69) is 5.32 Å². The summed E-state index contributed by atoms with van der Waals surface area (Å²) in [5, 5.41) is 11.6. The molecule has 1 atom stereocenters. The van der Waals surface area contributed by atoms with Gasteiger partial charge in [-0.3, -0.25) is 14.4 Å². The number of aliphatic carboxylic acids is 1. The lowest BCUT2D eigenvalue weighted by molar-refractivity contribution is -0.137. The molecular weight excluding hydrogens is 324 g/mol. The van der Waals surface area contributed by atoms with Gasteiger partial charge >= 0.3 is 5.97 Å². The number of nitrogens with one attached hydrogen (secondary N) is 1. The van der Waals surface area contributed by atoms with Crippen LogP contribution in [0.3, 0.4) is 0 Å². The lowest BCUT2D eigenvalue weighted by Gasteiger charge is -2.25. The zero-order valence-corrected chi connectivity index (χ0v) is 14.4. The second-order valence-electron chi connectivity index (χ2n) is 6.14. The Morgan fingerprint density at radius 3 is 2.56 bits per heavy atom. The van der Waals surface area contributed by atoms with Crippen LogP contribution in [-0.4, -0.2) is 53.6 Å². The van der Waals surface area contributed by atoms with Gasteiger partial charge in [-0.15, -0.1) is 0 Å². The average Bonchev–Trinajstić information content (AvgIpc) is 3.09. The molecule has 0 spiro atoms. The second-order valence-corrected chi connectivity index (χ2v) is 6.14. The largest absolute Gasteiger partial charge is 0.481 e. The Morgan fingerprint density at radius 1 is 1.28 bits per heavy atom. The lowest BCUT2D eigenvalue weighted by Crippen LogP contribution is -2.38. The SMILES string of the molecule is CC(=O)NCc1ccc(C(=O)N(CCC(=O)O)C[C@H]2CCCO2)cc1. The number of carboxylic acid groups (broad SMARTS) is 1. The molecule has 1 fully saturated rings. The highest BCUT2D eigenvalue weighted by atomic mass is 16.5. The first-order valence-electron chi connectivity index (χ1n) is 8.41. The van der Waals surface area contributed by atoms with Gasteiger partial charge in [0.15, 0.2) is 0 Å². The van der Waals surface area contributed by atoms with Crippen molar-refractivity contribution in [3.8, 4) is 0 Å². The molecule has 2 N–H and O–H groups in total. The molecule has 0 aromatic heterocycles. The minimum absolute atomic E-state index is 0.0308. The third-order valence-electron chi connectivity index (χ3n) is 4.07. The van der Waals surface area contributed by atoms with Crippen LogP contribution in [0.5, 0.6) is 0 Å². The fourth-order valence-corrected chi connectivity index (χ4v) is 2.71. The van der Waals surface area contributed by atoms with E-state index in [1.807, 2.05) is 0 Å². The Labute approximate surface area is 147 Å². The first-order valence-corrected chi connectivity index (χ1v) is 8.41. The molecule has 0 bridgehead atoms. The molecule has 1 aliphatic heterocycles. The fourth-order valence-electron chi connectivity index (χ4n) is 2.71. The molecule has 0 aliphatic carbocycles. The summed E-state index contributed by atoms with van der Waals surface area (Å²) < 4.78 is 5.57. The third kappa shape index (κ3) is 6.19. The van der Waals surface area contributed by atoms with Crippen LogP contribution in [0.1, 0.15) is 42.1 Å². The molecule has 0 saturated carbocycles. The molecule has 0 radical (unpaired) electrons. The fraction of sp³-hybridized carbons (Fsp3) is 0.500. The smallest absolute Gasteiger partial charge is 0.305 e. The van der Waals surface area contributed by atoms with Crippen LogP contribution in [0.25, 0.3) is 0 Å². The first kappa shape index (κ1) is 18.9. The summed E-state index contributed by atoms with van der Waals surface area (Å²) in [4.78, 5) is 36.1. The van der Waals surface area contributed by atoms with E-state index >= 15 is 0 Å². The molecule has 7 heteroatoms. The number of benzene rings is 1. The van der Waals surface area contributed by atoms with Gasteiger partial charge in [0.25, 0.3) is 5.91 Å². The summed E-state index contributed by atoms with van der Waals surface area (Å²) in [5.41, 5.74) is 1.39. The van der Waals surface area contributed by atoms with E-state index in [4.69, 9.17) is 9.84 Å². The summed E-state index contributed by atoms with van der Waals surface area (Å²) in [6, 6.07) is 6.96. The number of carbonyl (C=O) groups excluding carboxylic acids is 2. The van der Waals surface area contributed by atoms with Crippen molar-refractivity contribution in [2.75, 3.05) is 19.7 Å². The zero-order chi connectivity index (χ0) is 18.2. The minimum atomic E-state index is -0.934. The molecule has 2 rings (SSSR count). The minimum Gasteiger partial charge on any atom is -0.481 e. The Bertz CT molecular complexity index is 608. The monoisotopic (exact) mass is 348 g/mol. The summed E-state index contributed by atoms with van der Waals surface area (Å²) >= 11 is 0. The van der Waals surface area contributed by atoms with Gasteiger partial charge < -0.3 is 20.1 Å². The van der Waals surface area contributed by atoms with E-state index in [1.54, 1.807) is 29.2 Å². The number of carboxylic acids is 1. The summed E-state index contributed by atoms with van der Waals surface area (Å²) in [6.45, 7) is 3.09. The van der Waals surface area contributed by atoms with Crippen LogP contribution in [0.15, 0.2) is 24.3 Å². The number of nitrogens with zero attached hydrogens (tertiary/aromatic N) is 1. The number of ether oxygens (including phenoxy) is 1. The molecule has 1 aromatic rings. The summed E-state index contributed by atoms with van der Waals surface area (Å²) in [6.07, 6.45) is 1.71. The standard InChI is InChI=1S/C18H24N2O5/c1-13(21)19-11-14-4-6-15(7-5-14)18(24)20(9-8-17(22)23)12-16-3-2-10-25-16/h4-7,16H,2-3,8-12H2,1H3,(H,19,21)(H,22,23)/t16-/m1/s1. The summed E-state index contributed by atoms with van der Waals surface area (Å²) in [7, 11) is 0. The van der Waals surface area contributed by atoms with Gasteiger partial charge in [0.05, 0.1) is 12.5 Å². The number of carbonyl (C=O) groups is 3. The highest BCUT2D eigenvalue weighted by Crippen LogP contribution is 2.16. The molecule has 136 valence electrons. The van der Waals surface area contributed by atoms with E-state index < -0.39 is 5.97 Å². The van der Waals surface area contributed by atoms with E-state index in [1.165, 1.54) is 6.92 Å². The van der Waals surface area contributed by atoms with Crippen molar-refractivity contribution in [2.24, 2.45) is 0 Å². The van der Waals surface area contributed by atoms with E-state index in [0.717, 1.165) is 18.4 Å². The van der Waals surface area contributed by atoms with Crippen LogP contribution in [0, 0.1) is 0 Å². The maximum Gasteiger partial charge on any atom is 0.305 e. The van der Waals surface area contributed by atoms with Crippen LogP contribution in [0.2, 0.25) is 0 Å². The molecule has 25 heavy (non-hydrogen) atoms. The van der Waals surface area contributed by atoms with E-state index in [-0.39, 0.29) is 30.9 Å². The van der Waals surface area contributed by atoms with Gasteiger partial charge in [0, 0.05) is 38.7 Å². The van der Waals surface area contributed by atoms with Gasteiger partial charge in [-0.2, -0.15) is 0 Å². The molecule has 1 heterocycles. The molecule has 2 amide bonds. The Hall–Kier alpha value is -2.41. The molecule has 7 nitrogen and oxygen atoms in total. The predicted molar refractivity (Wildman–Crippen MR) is 91.1 cm³/mol. The van der Waals surface area contributed by atoms with Crippen molar-refractivity contribution in [1.29, 1.82) is 0 Å². The quantitative estimate of drug-likeness (QED) is 0.741. The maximum absolute atomic E-state index is 12.7. The van der Waals surface area contributed by atoms with Crippen molar-refractivity contribution < 1.29 is 24.2 Å². The summed E-state index contributed by atoms with van der Waals surface area (Å²) in [5.74, 6) is -1.25. The number of hydrogen-bond donors (Lipinski definition) is 2. The third-order valence-corrected chi connectivity index (χ3v) is 4.07. The lowest BCUT2D eigenvalue weighted by atomic mass is 10.1. The Balaban J connectivity index is 2.02. The van der Waals surface area contributed by atoms with Gasteiger partial charge in [0.2, 0.25) is 5.91 Å². The van der Waals surface area contributed by atoms with Crippen LogP contribution >= 0.6 is 0 Å². The van der Waals surface area contributed by atoms with Crippen molar-refractivity contribution in [3.05, 3.63) is 35.4 Å². The van der Waals surface area contributed by atoms with Crippen molar-refractivity contribution >= 4 is 17.8 Å². The van der Waals surface area contributed by atoms with E-state index in [9.17, 15) is 14.4 Å². The van der Waals surface area contributed by atoms with Crippen LogP contribution in [0.4, 0.5) is 0 Å². The molecular formula is C18H24N2O5. The second kappa shape index (κ2) is 9.17. The Morgan fingerprint density at radius 2 is 2.00 bits per heavy atom. The number of hydrogen-bond acceptors (Lipinski definition) is 4. The van der Waals surface area contributed by atoms with Crippen molar-refractivity contribution in [1.82, 2.24) is 10.2 Å². The predicted octanol–water partition coefficient (Wildman–Crippen LogP) is 1.42. The molecule has 0 unspecified atom stereocenters. The van der Waals surface area contributed by atoms with Gasteiger partial charge in [-0.1, -0.05) is 12.1 Å². The normalized spacial score (nSPS) is 16.4. The van der Waals surface area contributed by atoms with Crippen LogP contribution < -0.4 is 5.32 Å². The maximum atomic E-state index is 12.7. The highest BCUT2D eigenvalue weighted by Gasteiger charge is 2.23.